The molecule has 158 valence electrons. The highest BCUT2D eigenvalue weighted by Crippen LogP contribution is 2.12. The maximum Gasteiger partial charge on any atom is 0.333 e. The van der Waals surface area contributed by atoms with Crippen LogP contribution in [-0.2, 0) is 13.0 Å². The van der Waals surface area contributed by atoms with Gasteiger partial charge in [-0.1, -0.05) is 17.7 Å². The topological polar surface area (TPSA) is 84.1 Å². The number of carbonyl (C=O) groups is 1. The van der Waals surface area contributed by atoms with Crippen molar-refractivity contribution in [1.82, 2.24) is 34.3 Å². The van der Waals surface area contributed by atoms with Gasteiger partial charge in [-0.05, 0) is 31.3 Å². The third-order valence-electron chi connectivity index (χ3n) is 4.35. The molecule has 0 bridgehead atoms. The molecule has 0 saturated heterocycles. The van der Waals surface area contributed by atoms with Gasteiger partial charge >= 0.3 is 6.55 Å². The molecule has 0 atom stereocenters. The normalized spacial score (nSPS) is 13.2. The number of likely N-dealkylation sites (N-methyl/N-ethyl adjacent to an activating group) is 1. The molecule has 0 aromatic carbocycles. The van der Waals surface area contributed by atoms with Crippen LogP contribution in [0.2, 0.25) is 5.15 Å². The Hall–Kier alpha value is -3.11. The van der Waals surface area contributed by atoms with Crippen LogP contribution < -0.4 is 0 Å². The summed E-state index contributed by atoms with van der Waals surface area (Å²) in [4.78, 5) is 19.6. The SMILES string of the molecule is CN1CCc2nc[nH]c2C1.Clc1cccc2ccnn12.O=Cc1ccnn1C(F)F. The minimum Gasteiger partial charge on any atom is -0.347 e. The lowest BCUT2D eigenvalue weighted by molar-refractivity contribution is 0.0533. The van der Waals surface area contributed by atoms with Crippen molar-refractivity contribution in [3.63, 3.8) is 0 Å². The minimum atomic E-state index is -2.74. The van der Waals surface area contributed by atoms with Gasteiger partial charge in [0.05, 0.1) is 29.4 Å². The van der Waals surface area contributed by atoms with E-state index < -0.39 is 6.55 Å². The number of nitrogens with zero attached hydrogens (tertiary/aromatic N) is 6. The average Bonchev–Trinajstić information content (AvgIpc) is 3.48. The van der Waals surface area contributed by atoms with Crippen LogP contribution in [0.5, 0.6) is 0 Å². The van der Waals surface area contributed by atoms with E-state index in [0.29, 0.717) is 16.1 Å². The summed E-state index contributed by atoms with van der Waals surface area (Å²) in [5.41, 5.74) is 3.44. The van der Waals surface area contributed by atoms with E-state index in [4.69, 9.17) is 11.6 Å². The second-order valence-electron chi connectivity index (χ2n) is 6.43. The highest BCUT2D eigenvalue weighted by Gasteiger charge is 2.14. The first kappa shape index (κ1) is 21.6. The van der Waals surface area contributed by atoms with Crippen molar-refractivity contribution < 1.29 is 13.6 Å². The second kappa shape index (κ2) is 10.1. The van der Waals surface area contributed by atoms with Gasteiger partial charge in [-0.15, -0.1) is 0 Å². The van der Waals surface area contributed by atoms with Gasteiger partial charge in [-0.3, -0.25) is 4.79 Å². The number of fused-ring (bicyclic) bond motifs is 2. The molecule has 4 aromatic heterocycles. The largest absolute Gasteiger partial charge is 0.347 e. The second-order valence-corrected chi connectivity index (χ2v) is 6.82. The molecule has 30 heavy (non-hydrogen) atoms. The smallest absolute Gasteiger partial charge is 0.333 e. The number of carbonyl (C=O) groups excluding carboxylic acids is 1. The van der Waals surface area contributed by atoms with Crippen molar-refractivity contribution in [2.75, 3.05) is 13.6 Å². The summed E-state index contributed by atoms with van der Waals surface area (Å²) in [6, 6.07) is 8.80. The van der Waals surface area contributed by atoms with Crippen LogP contribution >= 0.6 is 11.6 Å². The van der Waals surface area contributed by atoms with Gasteiger partial charge in [0.1, 0.15) is 10.8 Å². The number of nitrogens with one attached hydrogen (secondary N) is 1. The van der Waals surface area contributed by atoms with E-state index in [9.17, 15) is 13.6 Å². The van der Waals surface area contributed by atoms with Crippen LogP contribution in [0.15, 0.2) is 49.1 Å². The zero-order valence-corrected chi connectivity index (χ0v) is 16.9. The van der Waals surface area contributed by atoms with E-state index in [1.165, 1.54) is 17.5 Å². The lowest BCUT2D eigenvalue weighted by Crippen LogP contribution is -2.26. The number of hydrogen-bond donors (Lipinski definition) is 1. The van der Waals surface area contributed by atoms with E-state index >= 15 is 0 Å². The maximum absolute atomic E-state index is 11.8. The van der Waals surface area contributed by atoms with E-state index in [-0.39, 0.29) is 5.69 Å². The van der Waals surface area contributed by atoms with E-state index in [1.807, 2.05) is 24.3 Å². The lowest BCUT2D eigenvalue weighted by atomic mass is 10.2. The number of alkyl halides is 2. The third kappa shape index (κ3) is 5.28. The molecule has 5 heterocycles. The molecule has 1 aliphatic rings. The molecule has 0 radical (unpaired) electrons. The van der Waals surface area contributed by atoms with E-state index in [2.05, 4.69) is 32.1 Å². The zero-order valence-electron chi connectivity index (χ0n) is 16.1. The summed E-state index contributed by atoms with van der Waals surface area (Å²) < 4.78 is 25.6. The molecule has 5 rings (SSSR count). The number of aldehydes is 1. The molecule has 0 unspecified atom stereocenters. The molecular weight excluding hydrogens is 416 g/mol. The summed E-state index contributed by atoms with van der Waals surface area (Å²) >= 11 is 5.80. The highest BCUT2D eigenvalue weighted by atomic mass is 35.5. The Morgan fingerprint density at radius 2 is 2.00 bits per heavy atom. The van der Waals surface area contributed by atoms with Crippen molar-refractivity contribution >= 4 is 23.4 Å². The number of imidazole rings is 1. The van der Waals surface area contributed by atoms with Crippen molar-refractivity contribution in [3.8, 4) is 0 Å². The van der Waals surface area contributed by atoms with Gasteiger partial charge in [0.25, 0.3) is 0 Å². The van der Waals surface area contributed by atoms with Gasteiger partial charge in [0.2, 0.25) is 0 Å². The number of rotatable bonds is 2. The Kier molecular flexibility index (Phi) is 7.26. The summed E-state index contributed by atoms with van der Waals surface area (Å²) in [5, 5.41) is 7.87. The monoisotopic (exact) mass is 435 g/mol. The number of pyridine rings is 1. The summed E-state index contributed by atoms with van der Waals surface area (Å²) in [6.07, 6.45) is 6.08. The van der Waals surface area contributed by atoms with Crippen LogP contribution in [0.3, 0.4) is 0 Å². The maximum atomic E-state index is 11.8. The average molecular weight is 436 g/mol. The first-order valence-corrected chi connectivity index (χ1v) is 9.42. The summed E-state index contributed by atoms with van der Waals surface area (Å²) in [5.74, 6) is 0. The van der Waals surface area contributed by atoms with Crippen LogP contribution in [0, 0.1) is 0 Å². The molecule has 11 heteroatoms. The van der Waals surface area contributed by atoms with Crippen molar-refractivity contribution in [2.24, 2.45) is 0 Å². The molecule has 0 amide bonds. The Balaban J connectivity index is 0.000000128. The fraction of sp³-hybridized carbons (Fsp3) is 0.263. The van der Waals surface area contributed by atoms with Crippen LogP contribution in [0.25, 0.3) is 5.52 Å². The van der Waals surface area contributed by atoms with Gasteiger partial charge in [0, 0.05) is 25.7 Å². The first-order chi connectivity index (χ1) is 14.5. The molecule has 0 aliphatic carbocycles. The van der Waals surface area contributed by atoms with Crippen molar-refractivity contribution in [3.05, 3.63) is 71.3 Å². The summed E-state index contributed by atoms with van der Waals surface area (Å²) in [6.45, 7) is -0.581. The fourth-order valence-corrected chi connectivity index (χ4v) is 3.06. The Morgan fingerprint density at radius 1 is 1.20 bits per heavy atom. The third-order valence-corrected chi connectivity index (χ3v) is 4.63. The predicted molar refractivity (Wildman–Crippen MR) is 108 cm³/mol. The molecule has 0 saturated carbocycles. The van der Waals surface area contributed by atoms with E-state index in [1.54, 1.807) is 17.0 Å². The van der Waals surface area contributed by atoms with Gasteiger partial charge < -0.3 is 9.88 Å². The minimum absolute atomic E-state index is 0.116. The Labute approximate surface area is 176 Å². The quantitative estimate of drug-likeness (QED) is 0.385. The molecule has 0 fully saturated rings. The van der Waals surface area contributed by atoms with Crippen LogP contribution in [0.1, 0.15) is 28.4 Å². The highest BCUT2D eigenvalue weighted by molar-refractivity contribution is 6.29. The van der Waals surface area contributed by atoms with Crippen LogP contribution in [-0.4, -0.2) is 54.1 Å². The van der Waals surface area contributed by atoms with Gasteiger partial charge in [-0.25, -0.2) is 14.2 Å². The molecular formula is C19H20ClF2N7O. The molecule has 1 N–H and O–H groups in total. The standard InChI is InChI=1S/C7H5ClN2.C7H11N3.C5H4F2N2O/c8-7-3-1-2-6-4-5-9-10(6)7;1-10-3-2-6-7(4-10)9-5-8-6;6-5(7)9-4(3-10)1-2-8-9/h1-5H;5H,2-4H2,1H3,(H,8,9);1-3,5H. The molecule has 4 aromatic rings. The predicted octanol–water partition coefficient (Wildman–Crippen LogP) is 3.48. The number of halogens is 3. The fourth-order valence-electron chi connectivity index (χ4n) is 2.84. The summed E-state index contributed by atoms with van der Waals surface area (Å²) in [7, 11) is 2.13. The van der Waals surface area contributed by atoms with Crippen LogP contribution in [0.4, 0.5) is 8.78 Å². The van der Waals surface area contributed by atoms with Gasteiger partial charge in [-0.2, -0.15) is 19.0 Å². The number of H-pyrrole nitrogens is 1. The number of aromatic amines is 1. The van der Waals surface area contributed by atoms with E-state index in [0.717, 1.165) is 31.2 Å². The molecule has 1 aliphatic heterocycles. The lowest BCUT2D eigenvalue weighted by Gasteiger charge is -2.20. The zero-order chi connectivity index (χ0) is 21.5. The van der Waals surface area contributed by atoms with Crippen molar-refractivity contribution in [2.45, 2.75) is 19.5 Å². The number of hydrogen-bond acceptors (Lipinski definition) is 5. The molecule has 8 nitrogen and oxygen atoms in total. The first-order valence-electron chi connectivity index (χ1n) is 9.04. The van der Waals surface area contributed by atoms with Gasteiger partial charge in [0.15, 0.2) is 6.29 Å². The number of aromatic nitrogens is 6. The van der Waals surface area contributed by atoms with Crippen molar-refractivity contribution in [1.29, 1.82) is 0 Å². The Morgan fingerprint density at radius 3 is 2.70 bits per heavy atom. The Bertz CT molecular complexity index is 1090. The molecule has 0 spiro atoms.